The highest BCUT2D eigenvalue weighted by atomic mass is 16.6. The number of hydrogen-bond acceptors (Lipinski definition) is 7. The molecule has 0 saturated heterocycles. The van der Waals surface area contributed by atoms with E-state index in [1.165, 1.54) is 0 Å². The van der Waals surface area contributed by atoms with Gasteiger partial charge in [0.2, 0.25) is 0 Å². The third kappa shape index (κ3) is 7.02. The molecule has 0 aliphatic heterocycles. The van der Waals surface area contributed by atoms with E-state index in [0.717, 1.165) is 0 Å². The second kappa shape index (κ2) is 12.2. The van der Waals surface area contributed by atoms with Crippen LogP contribution in [0.3, 0.4) is 0 Å². The fourth-order valence-corrected chi connectivity index (χ4v) is 3.04. The second-order valence-corrected chi connectivity index (χ2v) is 7.09. The molecule has 0 fully saturated rings. The van der Waals surface area contributed by atoms with Gasteiger partial charge in [0.1, 0.15) is 6.10 Å². The number of ether oxygens (including phenoxy) is 3. The van der Waals surface area contributed by atoms with Gasteiger partial charge in [0.05, 0.1) is 29.9 Å². The highest BCUT2D eigenvalue weighted by Gasteiger charge is 2.29. The summed E-state index contributed by atoms with van der Waals surface area (Å²) in [6, 6.07) is 25.0. The summed E-state index contributed by atoms with van der Waals surface area (Å²) < 4.78 is 16.2. The molecule has 0 spiro atoms. The first-order valence-corrected chi connectivity index (χ1v) is 10.4. The average molecular weight is 448 g/mol. The predicted molar refractivity (Wildman–Crippen MR) is 120 cm³/mol. The highest BCUT2D eigenvalue weighted by molar-refractivity contribution is 5.90. The lowest BCUT2D eigenvalue weighted by Crippen LogP contribution is -2.39. The zero-order chi connectivity index (χ0) is 23.5. The molecule has 0 heterocycles. The molecule has 0 aliphatic rings. The van der Waals surface area contributed by atoms with E-state index >= 15 is 0 Å². The van der Waals surface area contributed by atoms with Crippen molar-refractivity contribution in [2.75, 3.05) is 13.2 Å². The Labute approximate surface area is 191 Å². The number of hydrogen-bond donors (Lipinski definition) is 1. The molecule has 3 aromatic rings. The van der Waals surface area contributed by atoms with E-state index in [1.807, 2.05) is 0 Å². The number of rotatable bonds is 10. The van der Waals surface area contributed by atoms with E-state index in [9.17, 15) is 19.5 Å². The molecule has 0 unspecified atom stereocenters. The van der Waals surface area contributed by atoms with Gasteiger partial charge in [-0.3, -0.25) is 0 Å². The van der Waals surface area contributed by atoms with Crippen LogP contribution in [0.1, 0.15) is 37.5 Å². The Bertz CT molecular complexity index is 1040. The van der Waals surface area contributed by atoms with Gasteiger partial charge in [-0.15, -0.1) is 0 Å². The van der Waals surface area contributed by atoms with Crippen LogP contribution >= 0.6 is 0 Å². The number of benzene rings is 3. The van der Waals surface area contributed by atoms with Crippen LogP contribution in [0.25, 0.3) is 0 Å². The second-order valence-electron chi connectivity index (χ2n) is 7.09. The molecule has 170 valence electrons. The smallest absolute Gasteiger partial charge is 0.338 e. The zero-order valence-corrected chi connectivity index (χ0v) is 17.8. The van der Waals surface area contributed by atoms with Crippen LogP contribution in [0.15, 0.2) is 91.0 Å². The monoisotopic (exact) mass is 448 g/mol. The fraction of sp³-hybridized carbons (Fsp3) is 0.192. The van der Waals surface area contributed by atoms with Crippen molar-refractivity contribution in [1.82, 2.24) is 0 Å². The highest BCUT2D eigenvalue weighted by Crippen LogP contribution is 2.15. The number of aliphatic hydroxyl groups is 1. The fourth-order valence-electron chi connectivity index (χ4n) is 3.04. The standard InChI is InChI=1S/C26H24O7/c27-18-23(33-26(30)21-14-8-3-9-15-21)22(32-25(29)20-12-6-2-7-13-20)16-17-31-24(28)19-10-4-1-5-11-19/h1-15,22-23,27H,16-18H2/t22-,23+/m0/s1. The van der Waals surface area contributed by atoms with Gasteiger partial charge in [-0.05, 0) is 36.4 Å². The molecule has 7 heteroatoms. The zero-order valence-electron chi connectivity index (χ0n) is 17.8. The molecule has 0 amide bonds. The normalized spacial score (nSPS) is 12.3. The molecule has 0 aliphatic carbocycles. The van der Waals surface area contributed by atoms with Gasteiger partial charge in [0.25, 0.3) is 0 Å². The lowest BCUT2D eigenvalue weighted by molar-refractivity contribution is -0.0599. The summed E-state index contributed by atoms with van der Waals surface area (Å²) in [7, 11) is 0. The Morgan fingerprint density at radius 2 is 1.00 bits per heavy atom. The van der Waals surface area contributed by atoms with Gasteiger partial charge in [-0.2, -0.15) is 0 Å². The molecule has 2 atom stereocenters. The number of carbonyl (C=O) groups is 3. The molecule has 0 radical (unpaired) electrons. The molecular formula is C26H24O7. The Morgan fingerprint density at radius 1 is 0.606 bits per heavy atom. The summed E-state index contributed by atoms with van der Waals surface area (Å²) in [5.41, 5.74) is 0.971. The van der Waals surface area contributed by atoms with Gasteiger partial charge in [0, 0.05) is 6.42 Å². The molecule has 0 bridgehead atoms. The lowest BCUT2D eigenvalue weighted by Gasteiger charge is -2.25. The topological polar surface area (TPSA) is 99.1 Å². The first kappa shape index (κ1) is 23.7. The predicted octanol–water partition coefficient (Wildman–Crippen LogP) is 3.68. The minimum absolute atomic E-state index is 0.0183. The van der Waals surface area contributed by atoms with Crippen molar-refractivity contribution in [3.8, 4) is 0 Å². The van der Waals surface area contributed by atoms with Crippen LogP contribution < -0.4 is 0 Å². The summed E-state index contributed by atoms with van der Waals surface area (Å²) in [6.45, 7) is -0.697. The lowest BCUT2D eigenvalue weighted by atomic mass is 10.1. The molecule has 33 heavy (non-hydrogen) atoms. The van der Waals surface area contributed by atoms with Crippen LogP contribution in [0.4, 0.5) is 0 Å². The van der Waals surface area contributed by atoms with Crippen molar-refractivity contribution in [3.05, 3.63) is 108 Å². The third-order valence-corrected chi connectivity index (χ3v) is 4.78. The van der Waals surface area contributed by atoms with Crippen LogP contribution in [0.5, 0.6) is 0 Å². The first-order chi connectivity index (χ1) is 16.1. The van der Waals surface area contributed by atoms with Crippen molar-refractivity contribution < 1.29 is 33.7 Å². The van der Waals surface area contributed by atoms with Crippen molar-refractivity contribution in [1.29, 1.82) is 0 Å². The van der Waals surface area contributed by atoms with Crippen molar-refractivity contribution in [2.24, 2.45) is 0 Å². The molecular weight excluding hydrogens is 424 g/mol. The molecule has 3 aromatic carbocycles. The minimum Gasteiger partial charge on any atom is -0.462 e. The van der Waals surface area contributed by atoms with Crippen molar-refractivity contribution in [2.45, 2.75) is 18.6 Å². The summed E-state index contributed by atoms with van der Waals surface area (Å²) in [5, 5.41) is 9.89. The average Bonchev–Trinajstić information content (AvgIpc) is 2.88. The van der Waals surface area contributed by atoms with Gasteiger partial charge >= 0.3 is 17.9 Å². The largest absolute Gasteiger partial charge is 0.462 e. The Balaban J connectivity index is 1.69. The van der Waals surface area contributed by atoms with Crippen molar-refractivity contribution >= 4 is 17.9 Å². The van der Waals surface area contributed by atoms with Crippen LogP contribution in [0.2, 0.25) is 0 Å². The Hall–Kier alpha value is -3.97. The molecule has 1 N–H and O–H groups in total. The number of aliphatic hydroxyl groups excluding tert-OH is 1. The minimum atomic E-state index is -1.15. The quantitative estimate of drug-likeness (QED) is 0.373. The van der Waals surface area contributed by atoms with Gasteiger partial charge in [-0.25, -0.2) is 14.4 Å². The summed E-state index contributed by atoms with van der Waals surface area (Å²) in [5.74, 6) is -1.86. The van der Waals surface area contributed by atoms with E-state index in [-0.39, 0.29) is 13.0 Å². The van der Waals surface area contributed by atoms with E-state index in [0.29, 0.717) is 16.7 Å². The maximum absolute atomic E-state index is 12.6. The van der Waals surface area contributed by atoms with Gasteiger partial charge in [0.15, 0.2) is 6.10 Å². The van der Waals surface area contributed by atoms with Crippen LogP contribution in [0, 0.1) is 0 Å². The molecule has 0 aromatic heterocycles. The van der Waals surface area contributed by atoms with E-state index in [4.69, 9.17) is 14.2 Å². The maximum atomic E-state index is 12.6. The summed E-state index contributed by atoms with van der Waals surface area (Å²) in [6.07, 6.45) is -2.18. The third-order valence-electron chi connectivity index (χ3n) is 4.78. The van der Waals surface area contributed by atoms with Crippen molar-refractivity contribution in [3.63, 3.8) is 0 Å². The molecule has 3 rings (SSSR count). The number of carbonyl (C=O) groups excluding carboxylic acids is 3. The maximum Gasteiger partial charge on any atom is 0.338 e. The summed E-state index contributed by atoms with van der Waals surface area (Å²) in [4.78, 5) is 37.3. The van der Waals surface area contributed by atoms with Gasteiger partial charge in [-0.1, -0.05) is 54.6 Å². The van der Waals surface area contributed by atoms with Crippen LogP contribution in [-0.4, -0.2) is 48.4 Å². The SMILES string of the molecule is O=C(OCC[C@H](OC(=O)c1ccccc1)[C@@H](CO)OC(=O)c1ccccc1)c1ccccc1. The van der Waals surface area contributed by atoms with Crippen LogP contribution in [-0.2, 0) is 14.2 Å². The first-order valence-electron chi connectivity index (χ1n) is 10.4. The Morgan fingerprint density at radius 3 is 1.42 bits per heavy atom. The van der Waals surface area contributed by atoms with E-state index < -0.39 is 36.7 Å². The molecule has 7 nitrogen and oxygen atoms in total. The summed E-state index contributed by atoms with van der Waals surface area (Å²) >= 11 is 0. The number of esters is 3. The van der Waals surface area contributed by atoms with Gasteiger partial charge < -0.3 is 19.3 Å². The van der Waals surface area contributed by atoms with E-state index in [1.54, 1.807) is 91.0 Å². The molecule has 0 saturated carbocycles. The Kier molecular flexibility index (Phi) is 8.73. The van der Waals surface area contributed by atoms with E-state index in [2.05, 4.69) is 0 Å².